The number of hydrogen-bond donors (Lipinski definition) is 2. The Labute approximate surface area is 127 Å². The zero-order valence-corrected chi connectivity index (χ0v) is 13.1. The third-order valence-corrected chi connectivity index (χ3v) is 4.19. The highest BCUT2D eigenvalue weighted by atomic mass is 16.5. The second kappa shape index (κ2) is 7.78. The molecule has 0 spiro atoms. The van der Waals surface area contributed by atoms with Gasteiger partial charge >= 0.3 is 0 Å². The topological polar surface area (TPSA) is 58.7 Å². The fourth-order valence-corrected chi connectivity index (χ4v) is 2.75. The average Bonchev–Trinajstić information content (AvgIpc) is 2.62. The number of nitrogens with zero attached hydrogens (tertiary/aromatic N) is 1. The molecule has 1 aliphatic rings. The maximum Gasteiger partial charge on any atom is 0.119 e. The van der Waals surface area contributed by atoms with E-state index in [9.17, 15) is 5.11 Å². The normalized spacial score (nSPS) is 23.8. The van der Waals surface area contributed by atoms with Gasteiger partial charge in [0.15, 0.2) is 0 Å². The Morgan fingerprint density at radius 3 is 2.71 bits per heavy atom. The molecule has 21 heavy (non-hydrogen) atoms. The van der Waals surface area contributed by atoms with E-state index < -0.39 is 5.60 Å². The Morgan fingerprint density at radius 1 is 1.24 bits per heavy atom. The summed E-state index contributed by atoms with van der Waals surface area (Å²) in [4.78, 5) is 2.38. The summed E-state index contributed by atoms with van der Waals surface area (Å²) >= 11 is 0. The van der Waals surface area contributed by atoms with Crippen LogP contribution in [0.15, 0.2) is 24.3 Å². The molecule has 118 valence electrons. The van der Waals surface area contributed by atoms with Gasteiger partial charge in [0.25, 0.3) is 0 Å². The number of rotatable bonds is 6. The zero-order valence-electron chi connectivity index (χ0n) is 13.1. The van der Waals surface area contributed by atoms with Gasteiger partial charge in [0.2, 0.25) is 0 Å². The molecular weight excluding hydrogens is 264 g/mol. The highest BCUT2D eigenvalue weighted by molar-refractivity contribution is 5.27. The minimum Gasteiger partial charge on any atom is -0.492 e. The van der Waals surface area contributed by atoms with Crippen molar-refractivity contribution >= 4 is 0 Å². The average molecular weight is 292 g/mol. The molecule has 0 bridgehead atoms. The quantitative estimate of drug-likeness (QED) is 0.839. The third kappa shape index (κ3) is 5.65. The molecule has 1 atom stereocenters. The van der Waals surface area contributed by atoms with E-state index in [0.29, 0.717) is 13.2 Å². The van der Waals surface area contributed by atoms with Crippen molar-refractivity contribution < 1.29 is 9.84 Å². The van der Waals surface area contributed by atoms with Gasteiger partial charge < -0.3 is 15.6 Å². The number of benzene rings is 1. The molecule has 1 heterocycles. The summed E-state index contributed by atoms with van der Waals surface area (Å²) in [6.45, 7) is 6.23. The van der Waals surface area contributed by atoms with Crippen molar-refractivity contribution in [3.63, 3.8) is 0 Å². The second-order valence-electron chi connectivity index (χ2n) is 6.22. The van der Waals surface area contributed by atoms with Crippen molar-refractivity contribution in [1.29, 1.82) is 0 Å². The van der Waals surface area contributed by atoms with Gasteiger partial charge in [-0.2, -0.15) is 0 Å². The lowest BCUT2D eigenvalue weighted by atomic mass is 9.98. The number of nitrogens with two attached hydrogens (primary N) is 1. The molecule has 0 saturated carbocycles. The van der Waals surface area contributed by atoms with Crippen molar-refractivity contribution in [3.05, 3.63) is 29.8 Å². The number of ether oxygens (including phenoxy) is 1. The van der Waals surface area contributed by atoms with Gasteiger partial charge in [-0.25, -0.2) is 0 Å². The van der Waals surface area contributed by atoms with Gasteiger partial charge in [0.05, 0.1) is 5.60 Å². The molecule has 1 aliphatic heterocycles. The summed E-state index contributed by atoms with van der Waals surface area (Å²) in [7, 11) is 0. The van der Waals surface area contributed by atoms with E-state index in [0.717, 1.165) is 51.1 Å². The molecule has 1 aromatic rings. The maximum atomic E-state index is 10.1. The Morgan fingerprint density at radius 2 is 2.00 bits per heavy atom. The van der Waals surface area contributed by atoms with Crippen LogP contribution in [0.3, 0.4) is 0 Å². The van der Waals surface area contributed by atoms with E-state index >= 15 is 0 Å². The molecule has 4 heteroatoms. The molecule has 1 saturated heterocycles. The van der Waals surface area contributed by atoms with E-state index in [2.05, 4.69) is 17.0 Å². The monoisotopic (exact) mass is 292 g/mol. The molecule has 0 amide bonds. The largest absolute Gasteiger partial charge is 0.492 e. The molecule has 0 aromatic heterocycles. The minimum atomic E-state index is -0.492. The summed E-state index contributed by atoms with van der Waals surface area (Å²) in [6.07, 6.45) is 3.71. The van der Waals surface area contributed by atoms with Gasteiger partial charge in [-0.05, 0) is 63.4 Å². The highest BCUT2D eigenvalue weighted by Crippen LogP contribution is 2.21. The van der Waals surface area contributed by atoms with Crippen LogP contribution in [0.25, 0.3) is 0 Å². The molecule has 0 radical (unpaired) electrons. The summed E-state index contributed by atoms with van der Waals surface area (Å²) in [5, 5.41) is 10.1. The van der Waals surface area contributed by atoms with Crippen LogP contribution in [0.5, 0.6) is 5.75 Å². The molecule has 3 N–H and O–H groups in total. The van der Waals surface area contributed by atoms with Crippen molar-refractivity contribution in [2.75, 3.05) is 32.8 Å². The summed E-state index contributed by atoms with van der Waals surface area (Å²) < 4.78 is 5.80. The Balaban J connectivity index is 1.71. The molecule has 2 rings (SSSR count). The first-order chi connectivity index (χ1) is 10.1. The van der Waals surface area contributed by atoms with Crippen LogP contribution in [-0.4, -0.2) is 48.4 Å². The van der Waals surface area contributed by atoms with E-state index in [-0.39, 0.29) is 0 Å². The van der Waals surface area contributed by atoms with E-state index in [4.69, 9.17) is 10.5 Å². The standard InChI is InChI=1S/C17H28N2O2/c1-17(20)8-2-11-19(12-9-17)13-14-21-16-5-3-15(4-6-16)7-10-18/h3-6,20H,2,7-14,18H2,1H3. The molecule has 1 aromatic carbocycles. The first-order valence-corrected chi connectivity index (χ1v) is 7.96. The molecule has 1 fully saturated rings. The SMILES string of the molecule is CC1(O)CCCN(CCOc2ccc(CCN)cc2)CC1. The fourth-order valence-electron chi connectivity index (χ4n) is 2.75. The van der Waals surface area contributed by atoms with Crippen LogP contribution >= 0.6 is 0 Å². The molecule has 4 nitrogen and oxygen atoms in total. The zero-order chi connectivity index (χ0) is 15.1. The van der Waals surface area contributed by atoms with Gasteiger partial charge in [-0.3, -0.25) is 4.90 Å². The Hall–Kier alpha value is -1.10. The van der Waals surface area contributed by atoms with Gasteiger partial charge in [-0.1, -0.05) is 12.1 Å². The van der Waals surface area contributed by atoms with Gasteiger partial charge in [0.1, 0.15) is 12.4 Å². The van der Waals surface area contributed by atoms with Crippen molar-refractivity contribution in [1.82, 2.24) is 4.90 Å². The Bertz CT molecular complexity index is 417. The summed E-state index contributed by atoms with van der Waals surface area (Å²) in [5.41, 5.74) is 6.30. The summed E-state index contributed by atoms with van der Waals surface area (Å²) in [5.74, 6) is 0.914. The first-order valence-electron chi connectivity index (χ1n) is 7.96. The minimum absolute atomic E-state index is 0.492. The fraction of sp³-hybridized carbons (Fsp3) is 0.647. The van der Waals surface area contributed by atoms with E-state index in [1.54, 1.807) is 0 Å². The van der Waals surface area contributed by atoms with Crippen LogP contribution in [0, 0.1) is 0 Å². The molecule has 0 aliphatic carbocycles. The number of likely N-dealkylation sites (tertiary alicyclic amines) is 1. The van der Waals surface area contributed by atoms with E-state index in [1.165, 1.54) is 5.56 Å². The van der Waals surface area contributed by atoms with Crippen molar-refractivity contribution in [2.45, 2.75) is 38.2 Å². The van der Waals surface area contributed by atoms with E-state index in [1.807, 2.05) is 19.1 Å². The van der Waals surface area contributed by atoms with Crippen LogP contribution in [-0.2, 0) is 6.42 Å². The highest BCUT2D eigenvalue weighted by Gasteiger charge is 2.24. The van der Waals surface area contributed by atoms with Crippen LogP contribution in [0.2, 0.25) is 0 Å². The van der Waals surface area contributed by atoms with Crippen LogP contribution in [0.4, 0.5) is 0 Å². The van der Waals surface area contributed by atoms with Crippen molar-refractivity contribution in [2.24, 2.45) is 5.73 Å². The van der Waals surface area contributed by atoms with Gasteiger partial charge in [-0.15, -0.1) is 0 Å². The smallest absolute Gasteiger partial charge is 0.119 e. The predicted molar refractivity (Wildman–Crippen MR) is 85.6 cm³/mol. The number of aliphatic hydroxyl groups is 1. The Kier molecular flexibility index (Phi) is 6.03. The lowest BCUT2D eigenvalue weighted by Crippen LogP contribution is -2.31. The summed E-state index contributed by atoms with van der Waals surface area (Å²) in [6, 6.07) is 8.17. The maximum absolute atomic E-state index is 10.1. The lowest BCUT2D eigenvalue weighted by molar-refractivity contribution is 0.0442. The lowest BCUT2D eigenvalue weighted by Gasteiger charge is -2.22. The first kappa shape index (κ1) is 16.3. The van der Waals surface area contributed by atoms with Crippen molar-refractivity contribution in [3.8, 4) is 5.75 Å². The second-order valence-corrected chi connectivity index (χ2v) is 6.22. The predicted octanol–water partition coefficient (Wildman–Crippen LogP) is 1.80. The number of hydrogen-bond acceptors (Lipinski definition) is 4. The molecular formula is C17H28N2O2. The molecule has 1 unspecified atom stereocenters. The third-order valence-electron chi connectivity index (χ3n) is 4.19. The van der Waals surface area contributed by atoms with Crippen LogP contribution < -0.4 is 10.5 Å². The van der Waals surface area contributed by atoms with Crippen LogP contribution in [0.1, 0.15) is 31.7 Å². The van der Waals surface area contributed by atoms with Gasteiger partial charge in [0, 0.05) is 13.1 Å².